The van der Waals surface area contributed by atoms with E-state index in [0.29, 0.717) is 26.2 Å². The number of ether oxygens (including phenoxy) is 2. The lowest BCUT2D eigenvalue weighted by molar-refractivity contribution is -0.130. The van der Waals surface area contributed by atoms with Gasteiger partial charge in [-0.05, 0) is 13.3 Å². The number of morpholine rings is 1. The molecule has 156 valence electrons. The maximum absolute atomic E-state index is 12.5. The Hall–Kier alpha value is -2.36. The molecule has 1 amide bonds. The minimum atomic E-state index is -0.457. The number of aryl methyl sites for hydroxylation is 2. The number of hydrogen-bond donors (Lipinski definition) is 1. The van der Waals surface area contributed by atoms with Crippen molar-refractivity contribution in [2.45, 2.75) is 44.6 Å². The normalized spacial score (nSPS) is 24.8. The Morgan fingerprint density at radius 1 is 1.38 bits per heavy atom. The molecule has 0 aliphatic carbocycles. The van der Waals surface area contributed by atoms with Gasteiger partial charge in [0.2, 0.25) is 5.91 Å². The van der Waals surface area contributed by atoms with Crippen LogP contribution < -0.4 is 5.32 Å². The first-order valence-electron chi connectivity index (χ1n) is 10.1. The molecule has 2 aliphatic rings. The van der Waals surface area contributed by atoms with Crippen LogP contribution in [0, 0.1) is 6.92 Å². The molecule has 2 aliphatic heterocycles. The highest BCUT2D eigenvalue weighted by atomic mass is 16.6. The highest BCUT2D eigenvalue weighted by molar-refractivity contribution is 5.81. The Morgan fingerprint density at radius 3 is 3.14 bits per heavy atom. The molecular formula is C20H28N6O3. The molecule has 1 N–H and O–H groups in total. The summed E-state index contributed by atoms with van der Waals surface area (Å²) >= 11 is 0. The van der Waals surface area contributed by atoms with Crippen molar-refractivity contribution in [3.8, 4) is 0 Å². The second kappa shape index (κ2) is 8.98. The van der Waals surface area contributed by atoms with Crippen molar-refractivity contribution in [1.82, 2.24) is 29.7 Å². The molecule has 9 heteroatoms. The summed E-state index contributed by atoms with van der Waals surface area (Å²) in [5, 5.41) is 2.98. The number of amides is 1. The van der Waals surface area contributed by atoms with E-state index in [1.54, 1.807) is 24.9 Å². The maximum atomic E-state index is 12.5. The fourth-order valence-electron chi connectivity index (χ4n) is 3.97. The fourth-order valence-corrected chi connectivity index (χ4v) is 3.97. The van der Waals surface area contributed by atoms with Crippen LogP contribution in [0.25, 0.3) is 0 Å². The Balaban J connectivity index is 1.24. The average Bonchev–Trinajstić information content (AvgIpc) is 3.36. The van der Waals surface area contributed by atoms with E-state index in [1.807, 2.05) is 17.7 Å². The monoisotopic (exact) mass is 400 g/mol. The predicted octanol–water partition coefficient (Wildman–Crippen LogP) is 0.548. The molecule has 0 bridgehead atoms. The van der Waals surface area contributed by atoms with Gasteiger partial charge in [-0.2, -0.15) is 0 Å². The first kappa shape index (κ1) is 19.9. The van der Waals surface area contributed by atoms with Gasteiger partial charge in [-0.15, -0.1) is 0 Å². The molecular weight excluding hydrogens is 372 g/mol. The zero-order valence-corrected chi connectivity index (χ0v) is 16.8. The van der Waals surface area contributed by atoms with Crippen LogP contribution in [0.15, 0.2) is 31.1 Å². The lowest BCUT2D eigenvalue weighted by Gasteiger charge is -2.39. The molecule has 0 aromatic carbocycles. The van der Waals surface area contributed by atoms with Crippen molar-refractivity contribution in [3.63, 3.8) is 0 Å². The molecule has 4 heterocycles. The second-order valence-corrected chi connectivity index (χ2v) is 7.84. The Labute approximate surface area is 170 Å². The van der Waals surface area contributed by atoms with Crippen molar-refractivity contribution in [3.05, 3.63) is 42.5 Å². The van der Waals surface area contributed by atoms with E-state index in [2.05, 4.69) is 25.2 Å². The predicted molar refractivity (Wildman–Crippen MR) is 105 cm³/mol. The summed E-state index contributed by atoms with van der Waals surface area (Å²) in [6, 6.07) is 0. The van der Waals surface area contributed by atoms with E-state index in [1.165, 1.54) is 0 Å². The van der Waals surface area contributed by atoms with Gasteiger partial charge in [0.25, 0.3) is 0 Å². The van der Waals surface area contributed by atoms with Crippen LogP contribution in [0.4, 0.5) is 0 Å². The number of imidazole rings is 1. The molecule has 0 unspecified atom stereocenters. The molecule has 0 radical (unpaired) electrons. The van der Waals surface area contributed by atoms with Gasteiger partial charge in [-0.25, -0.2) is 4.98 Å². The topological polar surface area (TPSA) is 94.4 Å². The molecule has 0 saturated carbocycles. The van der Waals surface area contributed by atoms with Crippen molar-refractivity contribution >= 4 is 5.91 Å². The lowest BCUT2D eigenvalue weighted by Crippen LogP contribution is -2.52. The fraction of sp³-hybridized carbons (Fsp3) is 0.600. The number of carbonyl (C=O) groups excluding carboxylic acids is 1. The van der Waals surface area contributed by atoms with Crippen LogP contribution in [-0.2, 0) is 27.4 Å². The number of nitrogens with zero attached hydrogens (tertiary/aromatic N) is 5. The smallest absolute Gasteiger partial charge is 0.249 e. The van der Waals surface area contributed by atoms with E-state index in [-0.39, 0.29) is 5.91 Å². The van der Waals surface area contributed by atoms with Gasteiger partial charge in [0.15, 0.2) is 0 Å². The molecule has 4 rings (SSSR count). The summed E-state index contributed by atoms with van der Waals surface area (Å²) in [5.41, 5.74) is 1.45. The van der Waals surface area contributed by atoms with Crippen molar-refractivity contribution in [1.29, 1.82) is 0 Å². The zero-order chi connectivity index (χ0) is 20.1. The summed E-state index contributed by atoms with van der Waals surface area (Å²) in [6.45, 7) is 6.75. The van der Waals surface area contributed by atoms with E-state index in [4.69, 9.17) is 9.47 Å². The summed E-state index contributed by atoms with van der Waals surface area (Å²) in [6.07, 6.45) is 9.98. The molecule has 1 spiro atoms. The SMILES string of the molecule is Cc1cncc(CN2CCO[C@]3(CO[C@H](C(=O)NCCCn4ccnc4)C3)C2)n1. The molecule has 2 saturated heterocycles. The van der Waals surface area contributed by atoms with E-state index in [9.17, 15) is 4.79 Å². The highest BCUT2D eigenvalue weighted by Crippen LogP contribution is 2.32. The first-order chi connectivity index (χ1) is 14.1. The minimum absolute atomic E-state index is 0.0576. The minimum Gasteiger partial charge on any atom is -0.370 e. The summed E-state index contributed by atoms with van der Waals surface area (Å²) < 4.78 is 13.9. The first-order valence-corrected chi connectivity index (χ1v) is 10.1. The average molecular weight is 400 g/mol. The molecule has 2 aromatic heterocycles. The van der Waals surface area contributed by atoms with Crippen LogP contribution in [-0.4, -0.2) is 74.9 Å². The highest BCUT2D eigenvalue weighted by Gasteiger charge is 2.46. The lowest BCUT2D eigenvalue weighted by atomic mass is 9.97. The Bertz CT molecular complexity index is 814. The van der Waals surface area contributed by atoms with Gasteiger partial charge in [0.1, 0.15) is 11.7 Å². The van der Waals surface area contributed by atoms with Crippen molar-refractivity contribution in [2.75, 3.05) is 32.8 Å². The van der Waals surface area contributed by atoms with Gasteiger partial charge < -0.3 is 19.4 Å². The number of hydrogen-bond acceptors (Lipinski definition) is 7. The van der Waals surface area contributed by atoms with Crippen LogP contribution in [0.5, 0.6) is 0 Å². The van der Waals surface area contributed by atoms with Gasteiger partial charge in [0.05, 0.1) is 30.9 Å². The summed E-state index contributed by atoms with van der Waals surface area (Å²) in [5.74, 6) is -0.0576. The van der Waals surface area contributed by atoms with Gasteiger partial charge in [-0.1, -0.05) is 0 Å². The number of aromatic nitrogens is 4. The van der Waals surface area contributed by atoms with E-state index < -0.39 is 11.7 Å². The quantitative estimate of drug-likeness (QED) is 0.678. The van der Waals surface area contributed by atoms with E-state index in [0.717, 1.165) is 44.0 Å². The third-order valence-corrected chi connectivity index (χ3v) is 5.37. The largest absolute Gasteiger partial charge is 0.370 e. The Kier molecular flexibility index (Phi) is 6.17. The molecule has 9 nitrogen and oxygen atoms in total. The number of carbonyl (C=O) groups is 1. The third kappa shape index (κ3) is 5.17. The number of nitrogens with one attached hydrogen (secondary N) is 1. The molecule has 29 heavy (non-hydrogen) atoms. The summed E-state index contributed by atoms with van der Waals surface area (Å²) in [7, 11) is 0. The van der Waals surface area contributed by atoms with E-state index >= 15 is 0 Å². The van der Waals surface area contributed by atoms with Gasteiger partial charge in [0, 0.05) is 63.9 Å². The van der Waals surface area contributed by atoms with Crippen molar-refractivity contribution < 1.29 is 14.3 Å². The van der Waals surface area contributed by atoms with Crippen LogP contribution >= 0.6 is 0 Å². The van der Waals surface area contributed by atoms with Crippen LogP contribution in [0.2, 0.25) is 0 Å². The number of rotatable bonds is 7. The zero-order valence-electron chi connectivity index (χ0n) is 16.8. The maximum Gasteiger partial charge on any atom is 0.249 e. The van der Waals surface area contributed by atoms with Gasteiger partial charge >= 0.3 is 0 Å². The Morgan fingerprint density at radius 2 is 2.31 bits per heavy atom. The molecule has 2 fully saturated rings. The van der Waals surface area contributed by atoms with Crippen molar-refractivity contribution in [2.24, 2.45) is 0 Å². The van der Waals surface area contributed by atoms with Gasteiger partial charge in [-0.3, -0.25) is 19.7 Å². The third-order valence-electron chi connectivity index (χ3n) is 5.37. The summed E-state index contributed by atoms with van der Waals surface area (Å²) in [4.78, 5) is 27.6. The second-order valence-electron chi connectivity index (χ2n) is 7.84. The molecule has 2 atom stereocenters. The standard InChI is InChI=1S/C20H28N6O3/c1-16-10-22-11-17(24-16)12-26-7-8-29-20(13-26)9-18(28-14-20)19(27)23-3-2-5-25-6-4-21-15-25/h4,6,10-11,15,18H,2-3,5,7-9,12-14H2,1H3,(H,23,27)/t18-,20-/m0/s1. The molecule has 2 aromatic rings. The van der Waals surface area contributed by atoms with Crippen LogP contribution in [0.1, 0.15) is 24.2 Å². The van der Waals surface area contributed by atoms with Crippen LogP contribution in [0.3, 0.4) is 0 Å².